The van der Waals surface area contributed by atoms with Crippen LogP contribution in [0.25, 0.3) is 0 Å². The van der Waals surface area contributed by atoms with Crippen LogP contribution in [-0.2, 0) is 23.8 Å². The molecule has 31 heavy (non-hydrogen) atoms. The van der Waals surface area contributed by atoms with Crippen molar-refractivity contribution >= 4 is 17.5 Å². The lowest BCUT2D eigenvalue weighted by atomic mass is 9.86. The molecule has 2 heterocycles. The summed E-state index contributed by atoms with van der Waals surface area (Å²) in [5.74, 6) is -0.171. The Morgan fingerprint density at radius 3 is 2.71 bits per heavy atom. The molecular weight excluding hydrogens is 409 g/mol. The molecule has 1 aromatic carbocycles. The van der Waals surface area contributed by atoms with E-state index in [1.165, 1.54) is 25.7 Å². The van der Waals surface area contributed by atoms with Gasteiger partial charge in [-0.05, 0) is 62.3 Å². The van der Waals surface area contributed by atoms with Gasteiger partial charge in [0.15, 0.2) is 0 Å². The van der Waals surface area contributed by atoms with E-state index in [9.17, 15) is 18.0 Å². The molecule has 1 fully saturated rings. The van der Waals surface area contributed by atoms with Gasteiger partial charge in [0.1, 0.15) is 5.75 Å². The number of anilines is 2. The Kier molecular flexibility index (Phi) is 6.02. The molecule has 0 saturated carbocycles. The number of ether oxygens (including phenoxy) is 1. The molecule has 1 saturated heterocycles. The number of benzene rings is 1. The molecule has 0 bridgehead atoms. The van der Waals surface area contributed by atoms with Crippen LogP contribution in [0.4, 0.5) is 24.8 Å². The first-order chi connectivity index (χ1) is 14.8. The maximum atomic E-state index is 13.2. The standard InChI is InChI=1S/C22H25F3N4O2/c1-31-19-8-6-16(12-17(19)22(23,24)25)27-20(30)14-5-7-18-15(11-14)13-26-21(28-18)29-9-3-2-4-10-29/h6,8,12-14H,2-5,7,9-11H2,1H3,(H,27,30)/t14-/m1/s1. The molecule has 1 aromatic heterocycles. The minimum absolute atomic E-state index is 0.0978. The van der Waals surface area contributed by atoms with Crippen LogP contribution >= 0.6 is 0 Å². The lowest BCUT2D eigenvalue weighted by Crippen LogP contribution is -2.32. The second-order valence-electron chi connectivity index (χ2n) is 8.03. The first-order valence-corrected chi connectivity index (χ1v) is 10.5. The third kappa shape index (κ3) is 4.75. The lowest BCUT2D eigenvalue weighted by Gasteiger charge is -2.28. The summed E-state index contributed by atoms with van der Waals surface area (Å²) in [5, 5.41) is 2.63. The molecule has 0 radical (unpaired) electrons. The molecule has 6 nitrogen and oxygen atoms in total. The summed E-state index contributed by atoms with van der Waals surface area (Å²) >= 11 is 0. The molecular formula is C22H25F3N4O2. The Hall–Kier alpha value is -2.84. The maximum absolute atomic E-state index is 13.2. The van der Waals surface area contributed by atoms with Crippen molar-refractivity contribution in [2.24, 2.45) is 5.92 Å². The van der Waals surface area contributed by atoms with E-state index in [-0.39, 0.29) is 23.3 Å². The van der Waals surface area contributed by atoms with Gasteiger partial charge in [0.2, 0.25) is 11.9 Å². The van der Waals surface area contributed by atoms with Crippen LogP contribution in [0.15, 0.2) is 24.4 Å². The highest BCUT2D eigenvalue weighted by Gasteiger charge is 2.35. The fraction of sp³-hybridized carbons (Fsp3) is 0.500. The molecule has 1 aliphatic heterocycles. The molecule has 2 aliphatic rings. The van der Waals surface area contributed by atoms with Gasteiger partial charge < -0.3 is 15.0 Å². The molecule has 0 unspecified atom stereocenters. The van der Waals surface area contributed by atoms with Crippen molar-refractivity contribution in [2.45, 2.75) is 44.7 Å². The number of fused-ring (bicyclic) bond motifs is 1. The van der Waals surface area contributed by atoms with Gasteiger partial charge in [-0.15, -0.1) is 0 Å². The zero-order valence-electron chi connectivity index (χ0n) is 17.3. The van der Waals surface area contributed by atoms with Crippen LogP contribution in [-0.4, -0.2) is 36.1 Å². The van der Waals surface area contributed by atoms with Gasteiger partial charge in [0.25, 0.3) is 0 Å². The summed E-state index contributed by atoms with van der Waals surface area (Å²) in [6.45, 7) is 1.93. The number of carbonyl (C=O) groups excluding carboxylic acids is 1. The van der Waals surface area contributed by atoms with Gasteiger partial charge in [-0.1, -0.05) is 0 Å². The van der Waals surface area contributed by atoms with E-state index in [0.29, 0.717) is 19.3 Å². The molecule has 0 spiro atoms. The fourth-order valence-electron chi connectivity index (χ4n) is 4.22. The summed E-state index contributed by atoms with van der Waals surface area (Å²) in [7, 11) is 1.18. The van der Waals surface area contributed by atoms with E-state index >= 15 is 0 Å². The first-order valence-electron chi connectivity index (χ1n) is 10.5. The molecule has 4 rings (SSSR count). The summed E-state index contributed by atoms with van der Waals surface area (Å²) < 4.78 is 44.5. The molecule has 166 valence electrons. The van der Waals surface area contributed by atoms with Crippen LogP contribution in [0.5, 0.6) is 5.75 Å². The Morgan fingerprint density at radius 1 is 1.23 bits per heavy atom. The van der Waals surface area contributed by atoms with Gasteiger partial charge in [-0.25, -0.2) is 9.97 Å². The van der Waals surface area contributed by atoms with E-state index in [4.69, 9.17) is 9.72 Å². The van der Waals surface area contributed by atoms with Crippen LogP contribution in [0.1, 0.15) is 42.5 Å². The number of hydrogen-bond donors (Lipinski definition) is 1. The van der Waals surface area contributed by atoms with Crippen LogP contribution in [0.2, 0.25) is 0 Å². The van der Waals surface area contributed by atoms with Gasteiger partial charge in [-0.3, -0.25) is 4.79 Å². The average molecular weight is 434 g/mol. The third-order valence-corrected chi connectivity index (χ3v) is 5.92. The molecule has 9 heteroatoms. The van der Waals surface area contributed by atoms with Gasteiger partial charge >= 0.3 is 6.18 Å². The highest BCUT2D eigenvalue weighted by atomic mass is 19.4. The van der Waals surface area contributed by atoms with Gasteiger partial charge in [0, 0.05) is 36.6 Å². The SMILES string of the molecule is COc1ccc(NC(=O)[C@@H]2CCc3nc(N4CCCCC4)ncc3C2)cc1C(F)(F)F. The summed E-state index contributed by atoms with van der Waals surface area (Å²) in [6.07, 6.45) is 2.46. The number of carbonyl (C=O) groups is 1. The average Bonchev–Trinajstić information content (AvgIpc) is 2.78. The number of aromatic nitrogens is 2. The summed E-state index contributed by atoms with van der Waals surface area (Å²) in [6, 6.07) is 3.53. The predicted molar refractivity (Wildman–Crippen MR) is 110 cm³/mol. The van der Waals surface area contributed by atoms with Crippen molar-refractivity contribution in [3.63, 3.8) is 0 Å². The molecule has 2 aromatic rings. The summed E-state index contributed by atoms with van der Waals surface area (Å²) in [4.78, 5) is 24.1. The molecule has 1 amide bonds. The Balaban J connectivity index is 1.44. The number of nitrogens with one attached hydrogen (secondary N) is 1. The van der Waals surface area contributed by atoms with Crippen molar-refractivity contribution in [3.8, 4) is 5.75 Å². The number of nitrogens with zero attached hydrogens (tertiary/aromatic N) is 3. The smallest absolute Gasteiger partial charge is 0.420 e. The molecule has 1 atom stereocenters. The first kappa shape index (κ1) is 21.4. The number of methoxy groups -OCH3 is 1. The van der Waals surface area contributed by atoms with Crippen molar-refractivity contribution in [1.82, 2.24) is 9.97 Å². The van der Waals surface area contributed by atoms with Crippen molar-refractivity contribution in [1.29, 1.82) is 0 Å². The topological polar surface area (TPSA) is 67.3 Å². The lowest BCUT2D eigenvalue weighted by molar-refractivity contribution is -0.138. The third-order valence-electron chi connectivity index (χ3n) is 5.92. The van der Waals surface area contributed by atoms with Gasteiger partial charge in [-0.2, -0.15) is 13.2 Å². The largest absolute Gasteiger partial charge is 0.496 e. The highest BCUT2D eigenvalue weighted by molar-refractivity contribution is 5.93. The van der Waals surface area contributed by atoms with Crippen molar-refractivity contribution in [2.75, 3.05) is 30.4 Å². The predicted octanol–water partition coefficient (Wildman–Crippen LogP) is 4.24. The van der Waals surface area contributed by atoms with E-state index in [1.807, 2.05) is 0 Å². The number of hydrogen-bond acceptors (Lipinski definition) is 5. The normalized spacial score (nSPS) is 19.0. The fourth-order valence-corrected chi connectivity index (χ4v) is 4.22. The molecule has 1 N–H and O–H groups in total. The van der Waals surface area contributed by atoms with Crippen molar-refractivity contribution < 1.29 is 22.7 Å². The monoisotopic (exact) mass is 434 g/mol. The Morgan fingerprint density at radius 2 is 2.00 bits per heavy atom. The minimum Gasteiger partial charge on any atom is -0.496 e. The maximum Gasteiger partial charge on any atom is 0.420 e. The zero-order chi connectivity index (χ0) is 22.0. The van der Waals surface area contributed by atoms with E-state index in [2.05, 4.69) is 15.2 Å². The zero-order valence-corrected chi connectivity index (χ0v) is 17.3. The van der Waals surface area contributed by atoms with Crippen LogP contribution in [0.3, 0.4) is 0 Å². The van der Waals surface area contributed by atoms with Crippen LogP contribution < -0.4 is 15.0 Å². The number of halogens is 3. The Bertz CT molecular complexity index is 958. The number of rotatable bonds is 4. The number of alkyl halides is 3. The van der Waals surface area contributed by atoms with Crippen molar-refractivity contribution in [3.05, 3.63) is 41.2 Å². The van der Waals surface area contributed by atoms with E-state index in [0.717, 1.165) is 49.2 Å². The van der Waals surface area contributed by atoms with Gasteiger partial charge in [0.05, 0.1) is 12.7 Å². The van der Waals surface area contributed by atoms with Crippen LogP contribution in [0, 0.1) is 5.92 Å². The van der Waals surface area contributed by atoms with E-state index < -0.39 is 11.7 Å². The Labute approximate surface area is 178 Å². The second kappa shape index (κ2) is 8.72. The summed E-state index contributed by atoms with van der Waals surface area (Å²) in [5.41, 5.74) is 1.07. The molecule has 1 aliphatic carbocycles. The van der Waals surface area contributed by atoms with E-state index in [1.54, 1.807) is 6.20 Å². The second-order valence-corrected chi connectivity index (χ2v) is 8.03. The highest BCUT2D eigenvalue weighted by Crippen LogP contribution is 2.38. The quantitative estimate of drug-likeness (QED) is 0.780. The number of aryl methyl sites for hydroxylation is 1. The number of piperidine rings is 1. The minimum atomic E-state index is -4.57. The number of amides is 1.